The Bertz CT molecular complexity index is 786. The zero-order valence-corrected chi connectivity index (χ0v) is 23.3. The van der Waals surface area contributed by atoms with Gasteiger partial charge in [-0.05, 0) is 25.0 Å². The van der Waals surface area contributed by atoms with Crippen molar-refractivity contribution in [2.24, 2.45) is 0 Å². The maximum absolute atomic E-state index is 13.7. The Morgan fingerprint density at radius 1 is 0.889 bits per heavy atom. The highest BCUT2D eigenvalue weighted by molar-refractivity contribution is 7.47. The van der Waals surface area contributed by atoms with Gasteiger partial charge in [0.1, 0.15) is 17.7 Å². The van der Waals surface area contributed by atoms with Gasteiger partial charge in [0.15, 0.2) is 0 Å². The maximum atomic E-state index is 13.7. The third-order valence-electron chi connectivity index (χ3n) is 6.34. The van der Waals surface area contributed by atoms with Gasteiger partial charge in [0.05, 0.1) is 18.2 Å². The minimum Gasteiger partial charge on any atom is -0.488 e. The summed E-state index contributed by atoms with van der Waals surface area (Å²) < 4.78 is 40.6. The minimum absolute atomic E-state index is 0.150. The largest absolute Gasteiger partial charge is 0.488 e. The predicted molar refractivity (Wildman–Crippen MR) is 142 cm³/mol. The van der Waals surface area contributed by atoms with Gasteiger partial charge in [-0.15, -0.1) is 0 Å². The summed E-state index contributed by atoms with van der Waals surface area (Å²) in [6.07, 6.45) is 20.5. The highest BCUT2D eigenvalue weighted by atomic mass is 31.2. The van der Waals surface area contributed by atoms with Crippen molar-refractivity contribution in [3.63, 3.8) is 0 Å². The van der Waals surface area contributed by atoms with Crippen LogP contribution in [0.15, 0.2) is 18.2 Å². The number of ether oxygens (including phenoxy) is 1. The van der Waals surface area contributed by atoms with Crippen molar-refractivity contribution >= 4 is 7.82 Å². The molecule has 0 saturated carbocycles. The molecule has 1 rings (SSSR count). The summed E-state index contributed by atoms with van der Waals surface area (Å²) in [5.74, 6) is -0.377. The van der Waals surface area contributed by atoms with Gasteiger partial charge in [-0.2, -0.15) is 5.26 Å². The molecule has 6 nitrogen and oxygen atoms in total. The van der Waals surface area contributed by atoms with Gasteiger partial charge in [-0.25, -0.2) is 8.96 Å². The quantitative estimate of drug-likeness (QED) is 0.113. The van der Waals surface area contributed by atoms with E-state index in [0.717, 1.165) is 32.4 Å². The molecule has 0 saturated heterocycles. The Balaban J connectivity index is 2.20. The van der Waals surface area contributed by atoms with Gasteiger partial charge in [-0.1, -0.05) is 103 Å². The number of phosphoric ester groups is 1. The molecule has 1 aromatic carbocycles. The number of unbranched alkanes of at least 4 members (excludes halogenated alkanes) is 15. The molecule has 1 N–H and O–H groups in total. The van der Waals surface area contributed by atoms with Gasteiger partial charge in [0, 0.05) is 13.2 Å². The zero-order valence-electron chi connectivity index (χ0n) is 22.4. The van der Waals surface area contributed by atoms with Crippen molar-refractivity contribution in [2.45, 2.75) is 122 Å². The predicted octanol–water partition coefficient (Wildman–Crippen LogP) is 8.86. The molecule has 1 aromatic rings. The fraction of sp³-hybridized carbons (Fsp3) is 0.750. The number of benzene rings is 1. The lowest BCUT2D eigenvalue weighted by molar-refractivity contribution is 0.0877. The van der Waals surface area contributed by atoms with Crippen LogP contribution in [0.2, 0.25) is 0 Å². The Labute approximate surface area is 218 Å². The number of rotatable bonds is 23. The molecule has 0 spiro atoms. The van der Waals surface area contributed by atoms with Crippen molar-refractivity contribution in [1.29, 1.82) is 5.26 Å². The molecule has 0 aromatic heterocycles. The molecular weight excluding hydrogens is 480 g/mol. The number of hydrogen-bond acceptors (Lipinski definition) is 5. The molecule has 0 aliphatic carbocycles. The molecule has 0 aliphatic rings. The fourth-order valence-corrected chi connectivity index (χ4v) is 4.67. The smallest absolute Gasteiger partial charge is 0.472 e. The van der Waals surface area contributed by atoms with Crippen molar-refractivity contribution < 1.29 is 27.6 Å². The number of nitrogens with zero attached hydrogens (tertiary/aromatic N) is 1. The zero-order chi connectivity index (χ0) is 26.5. The monoisotopic (exact) mass is 527 g/mol. The van der Waals surface area contributed by atoms with Crippen LogP contribution >= 0.6 is 7.82 Å². The highest BCUT2D eigenvalue weighted by Gasteiger charge is 2.22. The summed E-state index contributed by atoms with van der Waals surface area (Å²) in [5, 5.41) is 9.04. The fourth-order valence-electron chi connectivity index (χ4n) is 4.21. The Morgan fingerprint density at radius 3 is 1.86 bits per heavy atom. The van der Waals surface area contributed by atoms with Crippen LogP contribution in [0.1, 0.15) is 122 Å². The lowest BCUT2D eigenvalue weighted by atomic mass is 10.0. The normalized spacial score (nSPS) is 13.8. The molecule has 0 heterocycles. The van der Waals surface area contributed by atoms with Gasteiger partial charge >= 0.3 is 7.82 Å². The van der Waals surface area contributed by atoms with E-state index >= 15 is 0 Å². The van der Waals surface area contributed by atoms with E-state index in [2.05, 4.69) is 11.4 Å². The topological polar surface area (TPSA) is 88.8 Å². The first-order valence-corrected chi connectivity index (χ1v) is 15.3. The molecule has 36 heavy (non-hydrogen) atoms. The highest BCUT2D eigenvalue weighted by Crippen LogP contribution is 2.42. The van der Waals surface area contributed by atoms with E-state index in [4.69, 9.17) is 14.5 Å². The van der Waals surface area contributed by atoms with E-state index in [1.165, 1.54) is 95.6 Å². The molecule has 0 bridgehead atoms. The molecule has 0 fully saturated rings. The molecule has 1 unspecified atom stereocenters. The van der Waals surface area contributed by atoms with Gasteiger partial charge in [0.25, 0.3) is 0 Å². The standard InChI is InChI=1S/C28H47FNO5P/c1-3-4-5-6-7-8-9-10-11-12-13-14-15-16-17-18-19-27(24-34-36(31,32)33-2)35-28-21-25(23-30)20-26(29)22-28/h20-22,27H,3-19,24H2,1-2H3,(H,31,32)/t27-/m0/s1. The molecule has 8 heteroatoms. The van der Waals surface area contributed by atoms with Crippen LogP contribution < -0.4 is 4.74 Å². The first kappa shape index (κ1) is 32.6. The second-order valence-electron chi connectivity index (χ2n) is 9.57. The molecular formula is C28H47FNO5P. The van der Waals surface area contributed by atoms with Crippen LogP contribution in [0.3, 0.4) is 0 Å². The molecule has 206 valence electrons. The van der Waals surface area contributed by atoms with Crippen molar-refractivity contribution in [1.82, 2.24) is 0 Å². The molecule has 0 radical (unpaired) electrons. The van der Waals surface area contributed by atoms with E-state index in [1.54, 1.807) is 0 Å². The van der Waals surface area contributed by atoms with E-state index in [1.807, 2.05) is 6.07 Å². The number of hydrogen-bond donors (Lipinski definition) is 1. The summed E-state index contributed by atoms with van der Waals surface area (Å²) >= 11 is 0. The Kier molecular flexibility index (Phi) is 18.6. The van der Waals surface area contributed by atoms with Crippen molar-refractivity contribution in [3.8, 4) is 11.8 Å². The average Bonchev–Trinajstić information content (AvgIpc) is 2.86. The van der Waals surface area contributed by atoms with Gasteiger partial charge < -0.3 is 9.63 Å². The first-order valence-electron chi connectivity index (χ1n) is 13.8. The Hall–Kier alpha value is -1.45. The van der Waals surface area contributed by atoms with Gasteiger partial charge in [0.2, 0.25) is 0 Å². The second-order valence-corrected chi connectivity index (χ2v) is 11.1. The van der Waals surface area contributed by atoms with Crippen molar-refractivity contribution in [2.75, 3.05) is 13.7 Å². The van der Waals surface area contributed by atoms with Crippen LogP contribution in [-0.2, 0) is 13.6 Å². The third-order valence-corrected chi connectivity index (χ3v) is 7.27. The van der Waals surface area contributed by atoms with Crippen molar-refractivity contribution in [3.05, 3.63) is 29.6 Å². The van der Waals surface area contributed by atoms with E-state index in [0.29, 0.717) is 6.42 Å². The number of halogens is 1. The Morgan fingerprint density at radius 2 is 1.39 bits per heavy atom. The summed E-state index contributed by atoms with van der Waals surface area (Å²) in [7, 11) is -3.04. The number of phosphoric acid groups is 1. The molecule has 0 amide bonds. The molecule has 2 atom stereocenters. The van der Waals surface area contributed by atoms with Crippen LogP contribution in [0.25, 0.3) is 0 Å². The van der Waals surface area contributed by atoms with Crippen LogP contribution in [0, 0.1) is 17.1 Å². The van der Waals surface area contributed by atoms with Gasteiger partial charge in [-0.3, -0.25) is 9.05 Å². The average molecular weight is 528 g/mol. The summed E-state index contributed by atoms with van der Waals surface area (Å²) in [5.41, 5.74) is 0.150. The number of nitriles is 1. The third kappa shape index (κ3) is 17.1. The lowest BCUT2D eigenvalue weighted by Gasteiger charge is -2.20. The van der Waals surface area contributed by atoms with E-state index < -0.39 is 19.7 Å². The summed E-state index contributed by atoms with van der Waals surface area (Å²) in [6.45, 7) is 2.09. The maximum Gasteiger partial charge on any atom is 0.472 e. The second kappa shape index (κ2) is 20.6. The van der Waals surface area contributed by atoms with E-state index in [-0.39, 0.29) is 17.9 Å². The minimum atomic E-state index is -4.14. The SMILES string of the molecule is CCCCCCCCCCCCCCCCCC[C@@H](COP(=O)(O)OC)Oc1cc(F)cc(C#N)c1. The van der Waals surface area contributed by atoms with Crippen LogP contribution in [0.4, 0.5) is 4.39 Å². The summed E-state index contributed by atoms with van der Waals surface area (Å²) in [6, 6.07) is 5.65. The lowest BCUT2D eigenvalue weighted by Crippen LogP contribution is -2.23. The van der Waals surface area contributed by atoms with Crippen LogP contribution in [0.5, 0.6) is 5.75 Å². The van der Waals surface area contributed by atoms with E-state index in [9.17, 15) is 13.8 Å². The molecule has 0 aliphatic heterocycles. The summed E-state index contributed by atoms with van der Waals surface area (Å²) in [4.78, 5) is 9.53. The van der Waals surface area contributed by atoms with Crippen LogP contribution in [-0.4, -0.2) is 24.7 Å². The first-order chi connectivity index (χ1) is 17.4.